The summed E-state index contributed by atoms with van der Waals surface area (Å²) >= 11 is 0. The van der Waals surface area contributed by atoms with Gasteiger partial charge in [-0.2, -0.15) is 0 Å². The van der Waals surface area contributed by atoms with Gasteiger partial charge in [-0.15, -0.1) is 0 Å². The standard InChI is InChI=1S/C16H22O2/c1-16(2,3)14-7-6-12(11-4-5-11)8-15(14)18-13-9-17-10-13/h6-8,11,13H,4-5,9-10H2,1-3H3. The van der Waals surface area contributed by atoms with Crippen LogP contribution in [0.1, 0.15) is 50.7 Å². The summed E-state index contributed by atoms with van der Waals surface area (Å²) in [7, 11) is 0. The summed E-state index contributed by atoms with van der Waals surface area (Å²) in [6, 6.07) is 6.79. The smallest absolute Gasteiger partial charge is 0.145 e. The molecule has 0 atom stereocenters. The van der Waals surface area contributed by atoms with E-state index in [0.29, 0.717) is 0 Å². The van der Waals surface area contributed by atoms with Crippen LogP contribution in [0.3, 0.4) is 0 Å². The van der Waals surface area contributed by atoms with Gasteiger partial charge in [0.15, 0.2) is 0 Å². The number of rotatable bonds is 3. The van der Waals surface area contributed by atoms with Crippen LogP contribution in [0, 0.1) is 0 Å². The highest BCUT2D eigenvalue weighted by molar-refractivity contribution is 5.43. The molecule has 0 radical (unpaired) electrons. The zero-order valence-corrected chi connectivity index (χ0v) is 11.5. The van der Waals surface area contributed by atoms with Crippen molar-refractivity contribution in [2.24, 2.45) is 0 Å². The van der Waals surface area contributed by atoms with Crippen LogP contribution in [0.5, 0.6) is 5.75 Å². The minimum Gasteiger partial charge on any atom is -0.485 e. The fourth-order valence-corrected chi connectivity index (χ4v) is 2.39. The zero-order valence-electron chi connectivity index (χ0n) is 11.5. The first-order valence-corrected chi connectivity index (χ1v) is 6.93. The molecule has 1 aliphatic heterocycles. The highest BCUT2D eigenvalue weighted by Gasteiger charge is 2.28. The first kappa shape index (κ1) is 12.0. The van der Waals surface area contributed by atoms with Crippen LogP contribution in [0.4, 0.5) is 0 Å². The van der Waals surface area contributed by atoms with Crippen LogP contribution in [-0.2, 0) is 10.2 Å². The average molecular weight is 246 g/mol. The molecule has 2 nitrogen and oxygen atoms in total. The van der Waals surface area contributed by atoms with Crippen molar-refractivity contribution in [1.82, 2.24) is 0 Å². The van der Waals surface area contributed by atoms with Crippen LogP contribution in [0.15, 0.2) is 18.2 Å². The highest BCUT2D eigenvalue weighted by atomic mass is 16.6. The fourth-order valence-electron chi connectivity index (χ4n) is 2.39. The molecule has 0 unspecified atom stereocenters. The maximum Gasteiger partial charge on any atom is 0.145 e. The van der Waals surface area contributed by atoms with E-state index in [-0.39, 0.29) is 11.5 Å². The van der Waals surface area contributed by atoms with Crippen molar-refractivity contribution >= 4 is 0 Å². The Kier molecular flexibility index (Phi) is 2.86. The van der Waals surface area contributed by atoms with E-state index in [1.165, 1.54) is 24.0 Å². The minimum atomic E-state index is 0.127. The monoisotopic (exact) mass is 246 g/mol. The SMILES string of the molecule is CC(C)(C)c1ccc(C2CC2)cc1OC1COC1. The van der Waals surface area contributed by atoms with Crippen LogP contribution in [-0.4, -0.2) is 19.3 Å². The van der Waals surface area contributed by atoms with Gasteiger partial charge in [0.25, 0.3) is 0 Å². The molecular formula is C16H22O2. The van der Waals surface area contributed by atoms with Gasteiger partial charge in [-0.05, 0) is 41.4 Å². The Morgan fingerprint density at radius 3 is 2.39 bits per heavy atom. The van der Waals surface area contributed by atoms with Gasteiger partial charge in [-0.3, -0.25) is 0 Å². The first-order valence-electron chi connectivity index (χ1n) is 6.93. The van der Waals surface area contributed by atoms with Crippen molar-refractivity contribution in [2.75, 3.05) is 13.2 Å². The van der Waals surface area contributed by atoms with Gasteiger partial charge in [-0.25, -0.2) is 0 Å². The predicted octanol–water partition coefficient (Wildman–Crippen LogP) is 3.64. The summed E-state index contributed by atoms with van der Waals surface area (Å²) in [5, 5.41) is 0. The molecule has 0 amide bonds. The lowest BCUT2D eigenvalue weighted by Gasteiger charge is -2.30. The molecule has 3 rings (SSSR count). The quantitative estimate of drug-likeness (QED) is 0.810. The molecule has 2 aliphatic rings. The Balaban J connectivity index is 1.90. The highest BCUT2D eigenvalue weighted by Crippen LogP contribution is 2.43. The Labute approximate surface area is 109 Å². The van der Waals surface area contributed by atoms with E-state index >= 15 is 0 Å². The molecule has 18 heavy (non-hydrogen) atoms. The Morgan fingerprint density at radius 2 is 1.89 bits per heavy atom. The van der Waals surface area contributed by atoms with Gasteiger partial charge in [0.05, 0.1) is 13.2 Å². The van der Waals surface area contributed by atoms with E-state index < -0.39 is 0 Å². The second-order valence-corrected chi connectivity index (χ2v) is 6.56. The van der Waals surface area contributed by atoms with Gasteiger partial charge in [-0.1, -0.05) is 32.9 Å². The van der Waals surface area contributed by atoms with E-state index in [0.717, 1.165) is 24.9 Å². The van der Waals surface area contributed by atoms with Crippen LogP contribution >= 0.6 is 0 Å². The molecule has 0 aromatic heterocycles. The predicted molar refractivity (Wildman–Crippen MR) is 72.4 cm³/mol. The van der Waals surface area contributed by atoms with Gasteiger partial charge >= 0.3 is 0 Å². The molecule has 1 saturated carbocycles. The van der Waals surface area contributed by atoms with Gasteiger partial charge < -0.3 is 9.47 Å². The van der Waals surface area contributed by atoms with Crippen molar-refractivity contribution in [2.45, 2.75) is 51.0 Å². The van der Waals surface area contributed by atoms with E-state index in [1.807, 2.05) is 0 Å². The lowest BCUT2D eigenvalue weighted by atomic mass is 9.85. The number of hydrogen-bond acceptors (Lipinski definition) is 2. The summed E-state index contributed by atoms with van der Waals surface area (Å²) in [4.78, 5) is 0. The third kappa shape index (κ3) is 2.39. The van der Waals surface area contributed by atoms with Crippen LogP contribution in [0.2, 0.25) is 0 Å². The van der Waals surface area contributed by atoms with Crippen molar-refractivity contribution in [3.8, 4) is 5.75 Å². The molecule has 1 heterocycles. The Bertz CT molecular complexity index is 437. The summed E-state index contributed by atoms with van der Waals surface area (Å²) in [6.07, 6.45) is 2.92. The fraction of sp³-hybridized carbons (Fsp3) is 0.625. The minimum absolute atomic E-state index is 0.127. The molecule has 0 spiro atoms. The zero-order chi connectivity index (χ0) is 12.8. The van der Waals surface area contributed by atoms with Crippen molar-refractivity contribution in [1.29, 1.82) is 0 Å². The van der Waals surface area contributed by atoms with Gasteiger partial charge in [0.1, 0.15) is 11.9 Å². The summed E-state index contributed by atoms with van der Waals surface area (Å²) < 4.78 is 11.3. The van der Waals surface area contributed by atoms with Crippen LogP contribution in [0.25, 0.3) is 0 Å². The van der Waals surface area contributed by atoms with E-state index in [9.17, 15) is 0 Å². The second-order valence-electron chi connectivity index (χ2n) is 6.56. The second kappa shape index (κ2) is 4.27. The molecule has 0 bridgehead atoms. The van der Waals surface area contributed by atoms with E-state index in [4.69, 9.17) is 9.47 Å². The third-order valence-corrected chi connectivity index (χ3v) is 3.76. The largest absolute Gasteiger partial charge is 0.485 e. The molecule has 1 aromatic carbocycles. The lowest BCUT2D eigenvalue weighted by molar-refractivity contribution is -0.0802. The molecule has 1 aliphatic carbocycles. The number of benzene rings is 1. The van der Waals surface area contributed by atoms with Crippen molar-refractivity contribution < 1.29 is 9.47 Å². The molecule has 98 valence electrons. The first-order chi connectivity index (χ1) is 8.54. The van der Waals surface area contributed by atoms with E-state index in [2.05, 4.69) is 39.0 Å². The molecule has 2 heteroatoms. The molecule has 1 saturated heterocycles. The van der Waals surface area contributed by atoms with Crippen molar-refractivity contribution in [3.05, 3.63) is 29.3 Å². The molecule has 2 fully saturated rings. The Hall–Kier alpha value is -1.02. The molecular weight excluding hydrogens is 224 g/mol. The Morgan fingerprint density at radius 1 is 1.17 bits per heavy atom. The maximum absolute atomic E-state index is 6.10. The summed E-state index contributed by atoms with van der Waals surface area (Å²) in [5.41, 5.74) is 2.87. The van der Waals surface area contributed by atoms with Crippen molar-refractivity contribution in [3.63, 3.8) is 0 Å². The van der Waals surface area contributed by atoms with Gasteiger partial charge in [0, 0.05) is 0 Å². The number of ether oxygens (including phenoxy) is 2. The molecule has 0 N–H and O–H groups in total. The topological polar surface area (TPSA) is 18.5 Å². The van der Waals surface area contributed by atoms with Crippen LogP contribution < -0.4 is 4.74 Å². The molecule has 1 aromatic rings. The summed E-state index contributed by atoms with van der Waals surface area (Å²) in [5.74, 6) is 1.85. The maximum atomic E-state index is 6.10. The van der Waals surface area contributed by atoms with E-state index in [1.54, 1.807) is 0 Å². The number of hydrogen-bond donors (Lipinski definition) is 0. The summed E-state index contributed by atoms with van der Waals surface area (Å²) in [6.45, 7) is 8.18. The lowest BCUT2D eigenvalue weighted by Crippen LogP contribution is -2.39. The average Bonchev–Trinajstić information content (AvgIpc) is 3.05. The normalized spacial score (nSPS) is 20.6. The third-order valence-electron chi connectivity index (χ3n) is 3.76. The van der Waals surface area contributed by atoms with Gasteiger partial charge in [0.2, 0.25) is 0 Å².